The quantitative estimate of drug-likeness (QED) is 0.813. The van der Waals surface area contributed by atoms with E-state index in [1.54, 1.807) is 25.6 Å². The molecule has 2 aromatic rings. The molecule has 0 spiro atoms. The van der Waals surface area contributed by atoms with Crippen molar-refractivity contribution >= 4 is 17.6 Å². The Hall–Kier alpha value is -1.85. The first-order valence-electron chi connectivity index (χ1n) is 8.90. The standard InChI is InChI=1S/C21H27NO3S/c1-21(2,3)18-9-13(11-23)20(26-18)19-14-10-17(25-5)16(24-4)8-12(14)6-7-15(19)22/h8-11,15,19H,6-7,22H2,1-5H3/t15-,19-/m0/s1. The molecule has 140 valence electrons. The summed E-state index contributed by atoms with van der Waals surface area (Å²) in [7, 11) is 3.29. The third-order valence-corrected chi connectivity index (χ3v) is 6.75. The summed E-state index contributed by atoms with van der Waals surface area (Å²) in [5.41, 5.74) is 9.67. The molecule has 1 aliphatic rings. The van der Waals surface area contributed by atoms with E-state index < -0.39 is 0 Å². The van der Waals surface area contributed by atoms with Gasteiger partial charge in [-0.3, -0.25) is 4.79 Å². The van der Waals surface area contributed by atoms with Gasteiger partial charge in [-0.15, -0.1) is 11.3 Å². The molecule has 2 atom stereocenters. The highest BCUT2D eigenvalue weighted by Gasteiger charge is 2.34. The molecular weight excluding hydrogens is 346 g/mol. The van der Waals surface area contributed by atoms with Gasteiger partial charge in [0.1, 0.15) is 0 Å². The fourth-order valence-corrected chi connectivity index (χ4v) is 5.00. The highest BCUT2D eigenvalue weighted by atomic mass is 32.1. The zero-order chi connectivity index (χ0) is 19.1. The number of fused-ring (bicyclic) bond motifs is 1. The molecule has 0 aliphatic heterocycles. The second kappa shape index (κ2) is 7.05. The van der Waals surface area contributed by atoms with Crippen molar-refractivity contribution in [2.45, 2.75) is 51.0 Å². The number of benzene rings is 1. The van der Waals surface area contributed by atoms with Crippen LogP contribution in [0, 0.1) is 0 Å². The van der Waals surface area contributed by atoms with E-state index in [1.807, 2.05) is 18.2 Å². The predicted molar refractivity (Wildman–Crippen MR) is 106 cm³/mol. The number of nitrogens with two attached hydrogens (primary N) is 1. The molecule has 0 amide bonds. The molecule has 0 unspecified atom stereocenters. The van der Waals surface area contributed by atoms with Crippen LogP contribution in [0.4, 0.5) is 0 Å². The van der Waals surface area contributed by atoms with Gasteiger partial charge in [0.15, 0.2) is 17.8 Å². The molecule has 1 heterocycles. The zero-order valence-corrected chi connectivity index (χ0v) is 16.9. The molecule has 4 nitrogen and oxygen atoms in total. The molecule has 0 bridgehead atoms. The summed E-state index contributed by atoms with van der Waals surface area (Å²) in [4.78, 5) is 14.0. The van der Waals surface area contributed by atoms with Gasteiger partial charge in [0, 0.05) is 27.3 Å². The number of carbonyl (C=O) groups is 1. The molecule has 3 rings (SSSR count). The highest BCUT2D eigenvalue weighted by molar-refractivity contribution is 7.12. The van der Waals surface area contributed by atoms with E-state index in [9.17, 15) is 4.79 Å². The molecule has 0 saturated carbocycles. The molecule has 1 aromatic heterocycles. The smallest absolute Gasteiger partial charge is 0.161 e. The topological polar surface area (TPSA) is 61.5 Å². The lowest BCUT2D eigenvalue weighted by Crippen LogP contribution is -2.34. The minimum atomic E-state index is -0.0224. The number of rotatable bonds is 4. The number of carbonyl (C=O) groups excluding carboxylic acids is 1. The normalized spacial score (nSPS) is 19.8. The number of hydrogen-bond donors (Lipinski definition) is 1. The van der Waals surface area contributed by atoms with Crippen LogP contribution in [0.2, 0.25) is 0 Å². The fraction of sp³-hybridized carbons (Fsp3) is 0.476. The molecule has 0 radical (unpaired) electrons. The van der Waals surface area contributed by atoms with E-state index >= 15 is 0 Å². The van der Waals surface area contributed by atoms with Crippen LogP contribution in [-0.2, 0) is 11.8 Å². The molecule has 26 heavy (non-hydrogen) atoms. The summed E-state index contributed by atoms with van der Waals surface area (Å²) in [6.07, 6.45) is 2.75. The van der Waals surface area contributed by atoms with Crippen LogP contribution in [0.15, 0.2) is 18.2 Å². The van der Waals surface area contributed by atoms with Crippen molar-refractivity contribution in [1.82, 2.24) is 0 Å². The van der Waals surface area contributed by atoms with Gasteiger partial charge in [-0.05, 0) is 47.6 Å². The second-order valence-electron chi connectivity index (χ2n) is 7.88. The molecule has 1 aliphatic carbocycles. The van der Waals surface area contributed by atoms with Crippen LogP contribution >= 0.6 is 11.3 Å². The van der Waals surface area contributed by atoms with Gasteiger partial charge >= 0.3 is 0 Å². The zero-order valence-electron chi connectivity index (χ0n) is 16.1. The average Bonchev–Trinajstić information content (AvgIpc) is 3.04. The Bertz CT molecular complexity index is 819. The van der Waals surface area contributed by atoms with Gasteiger partial charge in [0.25, 0.3) is 0 Å². The number of methoxy groups -OCH3 is 2. The van der Waals surface area contributed by atoms with Gasteiger partial charge in [-0.2, -0.15) is 0 Å². The SMILES string of the molecule is COc1cc2c(cc1OC)[C@H](c1sc(C(C)(C)C)cc1C=O)[C@@H](N)CC2. The first kappa shape index (κ1) is 18.9. The highest BCUT2D eigenvalue weighted by Crippen LogP contribution is 2.45. The third-order valence-electron chi connectivity index (χ3n) is 5.10. The number of ether oxygens (including phenoxy) is 2. The van der Waals surface area contributed by atoms with E-state index in [0.717, 1.165) is 40.9 Å². The van der Waals surface area contributed by atoms with Gasteiger partial charge < -0.3 is 15.2 Å². The first-order chi connectivity index (χ1) is 12.3. The van der Waals surface area contributed by atoms with E-state index in [4.69, 9.17) is 15.2 Å². The van der Waals surface area contributed by atoms with Crippen LogP contribution in [0.1, 0.15) is 64.3 Å². The Morgan fingerprint density at radius 3 is 2.38 bits per heavy atom. The maximum Gasteiger partial charge on any atom is 0.161 e. The Morgan fingerprint density at radius 2 is 1.81 bits per heavy atom. The Balaban J connectivity index is 2.18. The van der Waals surface area contributed by atoms with E-state index in [0.29, 0.717) is 5.75 Å². The minimum Gasteiger partial charge on any atom is -0.493 e. The van der Waals surface area contributed by atoms with E-state index in [1.165, 1.54) is 10.4 Å². The Morgan fingerprint density at radius 1 is 1.15 bits per heavy atom. The summed E-state index contributed by atoms with van der Waals surface area (Å²) in [5.74, 6) is 1.43. The van der Waals surface area contributed by atoms with Crippen molar-refractivity contribution in [2.24, 2.45) is 5.73 Å². The van der Waals surface area contributed by atoms with Gasteiger partial charge in [0.05, 0.1) is 14.2 Å². The molecule has 0 saturated heterocycles. The first-order valence-corrected chi connectivity index (χ1v) is 9.71. The van der Waals surface area contributed by atoms with Gasteiger partial charge in [-0.1, -0.05) is 20.8 Å². The van der Waals surface area contributed by atoms with E-state index in [-0.39, 0.29) is 17.4 Å². The predicted octanol–water partition coefficient (Wildman–Crippen LogP) is 4.28. The van der Waals surface area contributed by atoms with Crippen molar-refractivity contribution in [3.63, 3.8) is 0 Å². The lowest BCUT2D eigenvalue weighted by Gasteiger charge is -2.32. The summed E-state index contributed by atoms with van der Waals surface area (Å²) in [6, 6.07) is 6.08. The molecule has 5 heteroatoms. The second-order valence-corrected chi connectivity index (χ2v) is 8.97. The third kappa shape index (κ3) is 3.26. The van der Waals surface area contributed by atoms with Crippen LogP contribution in [0.5, 0.6) is 11.5 Å². The van der Waals surface area contributed by atoms with Crippen molar-refractivity contribution in [2.75, 3.05) is 14.2 Å². The lowest BCUT2D eigenvalue weighted by molar-refractivity contribution is 0.112. The largest absolute Gasteiger partial charge is 0.493 e. The van der Waals surface area contributed by atoms with Crippen molar-refractivity contribution in [3.8, 4) is 11.5 Å². The van der Waals surface area contributed by atoms with Crippen molar-refractivity contribution < 1.29 is 14.3 Å². The van der Waals surface area contributed by atoms with Crippen molar-refractivity contribution in [1.29, 1.82) is 0 Å². The summed E-state index contributed by atoms with van der Waals surface area (Å²) >= 11 is 1.70. The van der Waals surface area contributed by atoms with Crippen LogP contribution in [-0.4, -0.2) is 26.5 Å². The van der Waals surface area contributed by atoms with Gasteiger partial charge in [-0.25, -0.2) is 0 Å². The van der Waals surface area contributed by atoms with Crippen LogP contribution in [0.25, 0.3) is 0 Å². The molecule has 1 aromatic carbocycles. The molecular formula is C21H27NO3S. The molecule has 2 N–H and O–H groups in total. The Labute approximate surface area is 159 Å². The number of aryl methyl sites for hydroxylation is 1. The number of thiophene rings is 1. The number of hydrogen-bond acceptors (Lipinski definition) is 5. The molecule has 0 fully saturated rings. The maximum absolute atomic E-state index is 11.8. The number of aldehydes is 1. The van der Waals surface area contributed by atoms with E-state index in [2.05, 4.69) is 20.8 Å². The fourth-order valence-electron chi connectivity index (χ4n) is 3.62. The maximum atomic E-state index is 11.8. The summed E-state index contributed by atoms with van der Waals surface area (Å²) in [5, 5.41) is 0. The Kier molecular flexibility index (Phi) is 5.13. The monoisotopic (exact) mass is 373 g/mol. The van der Waals surface area contributed by atoms with Crippen molar-refractivity contribution in [3.05, 3.63) is 44.6 Å². The van der Waals surface area contributed by atoms with Crippen LogP contribution in [0.3, 0.4) is 0 Å². The lowest BCUT2D eigenvalue weighted by atomic mass is 9.77. The summed E-state index contributed by atoms with van der Waals surface area (Å²) < 4.78 is 11.0. The van der Waals surface area contributed by atoms with Gasteiger partial charge in [0.2, 0.25) is 0 Å². The van der Waals surface area contributed by atoms with Crippen LogP contribution < -0.4 is 15.2 Å². The minimum absolute atomic E-state index is 0.000132. The average molecular weight is 374 g/mol. The summed E-state index contributed by atoms with van der Waals surface area (Å²) in [6.45, 7) is 6.50.